The summed E-state index contributed by atoms with van der Waals surface area (Å²) in [5.41, 5.74) is 6.24. The molecular weight excluding hydrogens is 194 g/mol. The van der Waals surface area contributed by atoms with E-state index in [9.17, 15) is 0 Å². The molecule has 0 aliphatic rings. The number of halogens is 1. The van der Waals surface area contributed by atoms with Crippen LogP contribution in [0.15, 0.2) is 55.6 Å². The van der Waals surface area contributed by atoms with Crippen LogP contribution in [0.4, 0.5) is 0 Å². The van der Waals surface area contributed by atoms with E-state index in [0.29, 0.717) is 6.54 Å². The third-order valence-electron chi connectivity index (χ3n) is 1.39. The van der Waals surface area contributed by atoms with Crippen LogP contribution in [0.5, 0.6) is 0 Å². The molecule has 78 valence electrons. The number of allylic oxidation sites excluding steroid dienone is 1. The van der Waals surface area contributed by atoms with Gasteiger partial charge < -0.3 is 5.73 Å². The van der Waals surface area contributed by atoms with E-state index < -0.39 is 0 Å². The summed E-state index contributed by atoms with van der Waals surface area (Å²) < 4.78 is 0. The first kappa shape index (κ1) is 15.4. The fourth-order valence-electron chi connectivity index (χ4n) is 0.781. The minimum atomic E-state index is 0. The Balaban J connectivity index is 0. The highest BCUT2D eigenvalue weighted by atomic mass is 35.5. The van der Waals surface area contributed by atoms with E-state index in [4.69, 9.17) is 5.73 Å². The predicted molar refractivity (Wildman–Crippen MR) is 66.8 cm³/mol. The van der Waals surface area contributed by atoms with Crippen LogP contribution in [-0.4, -0.2) is 6.54 Å². The summed E-state index contributed by atoms with van der Waals surface area (Å²) in [4.78, 5) is 0. The van der Waals surface area contributed by atoms with Crippen molar-refractivity contribution in [2.75, 3.05) is 6.54 Å². The lowest BCUT2D eigenvalue weighted by atomic mass is 10.2. The Bertz CT molecular complexity index is 231. The van der Waals surface area contributed by atoms with Crippen molar-refractivity contribution in [3.05, 3.63) is 61.2 Å². The van der Waals surface area contributed by atoms with E-state index in [1.807, 2.05) is 24.3 Å². The van der Waals surface area contributed by atoms with Gasteiger partial charge in [0.05, 0.1) is 0 Å². The second-order valence-corrected chi connectivity index (χ2v) is 2.50. The lowest BCUT2D eigenvalue weighted by Crippen LogP contribution is -1.90. The van der Waals surface area contributed by atoms with Gasteiger partial charge in [-0.25, -0.2) is 0 Å². The fraction of sp³-hybridized carbons (Fsp3) is 0.167. The van der Waals surface area contributed by atoms with Crippen molar-refractivity contribution in [2.24, 2.45) is 5.73 Å². The first-order valence-electron chi connectivity index (χ1n) is 4.31. The molecule has 0 bridgehead atoms. The molecule has 0 aliphatic carbocycles. The highest BCUT2D eigenvalue weighted by molar-refractivity contribution is 5.85. The second-order valence-electron chi connectivity index (χ2n) is 2.50. The molecule has 0 unspecified atom stereocenters. The molecule has 1 rings (SSSR count). The molecule has 2 heteroatoms. The molecule has 0 aliphatic heterocycles. The minimum absolute atomic E-state index is 0. The van der Waals surface area contributed by atoms with Crippen LogP contribution >= 0.6 is 12.4 Å². The summed E-state index contributed by atoms with van der Waals surface area (Å²) in [5.74, 6) is 0. The third kappa shape index (κ3) is 9.04. The van der Waals surface area contributed by atoms with Gasteiger partial charge in [-0.1, -0.05) is 42.5 Å². The van der Waals surface area contributed by atoms with Crippen LogP contribution < -0.4 is 5.73 Å². The lowest BCUT2D eigenvalue weighted by Gasteiger charge is -1.91. The molecule has 0 heterocycles. The number of hydrogen-bond acceptors (Lipinski definition) is 1. The summed E-state index contributed by atoms with van der Waals surface area (Å²) in [6.45, 7) is 7.59. The van der Waals surface area contributed by atoms with Crippen molar-refractivity contribution in [3.8, 4) is 0 Å². The number of rotatable bonds is 3. The van der Waals surface area contributed by atoms with Gasteiger partial charge in [-0.05, 0) is 12.0 Å². The number of benzene rings is 1. The van der Waals surface area contributed by atoms with Crippen molar-refractivity contribution >= 4 is 12.4 Å². The van der Waals surface area contributed by atoms with Crippen LogP contribution in [0.2, 0.25) is 0 Å². The second kappa shape index (κ2) is 11.9. The molecule has 1 aromatic carbocycles. The molecule has 0 saturated heterocycles. The van der Waals surface area contributed by atoms with E-state index in [1.54, 1.807) is 6.08 Å². The number of nitrogens with two attached hydrogens (primary N) is 1. The lowest BCUT2D eigenvalue weighted by molar-refractivity contribution is 1.26. The Kier molecular flexibility index (Phi) is 13.2. The fourth-order valence-corrected chi connectivity index (χ4v) is 0.781. The molecule has 1 aromatic rings. The molecule has 0 amide bonds. The zero-order chi connectivity index (χ0) is 9.94. The molecule has 0 saturated carbocycles. The van der Waals surface area contributed by atoms with E-state index in [1.165, 1.54) is 5.56 Å². The van der Waals surface area contributed by atoms with E-state index in [0.717, 1.165) is 6.42 Å². The first-order valence-corrected chi connectivity index (χ1v) is 4.31. The van der Waals surface area contributed by atoms with Gasteiger partial charge in [-0.15, -0.1) is 25.6 Å². The maximum absolute atomic E-state index is 4.91. The zero-order valence-electron chi connectivity index (χ0n) is 8.36. The first-order chi connectivity index (χ1) is 6.35. The SMILES string of the molecule is C=CCN.C=CCc1ccccc1.Cl. The van der Waals surface area contributed by atoms with E-state index in [-0.39, 0.29) is 12.4 Å². The summed E-state index contributed by atoms with van der Waals surface area (Å²) in [7, 11) is 0. The van der Waals surface area contributed by atoms with Gasteiger partial charge in [0.25, 0.3) is 0 Å². The predicted octanol–water partition coefficient (Wildman–Crippen LogP) is 2.97. The van der Waals surface area contributed by atoms with Crippen LogP contribution in [0.25, 0.3) is 0 Å². The van der Waals surface area contributed by atoms with Crippen molar-refractivity contribution in [1.29, 1.82) is 0 Å². The normalized spacial score (nSPS) is 7.50. The monoisotopic (exact) mass is 211 g/mol. The number of hydrogen-bond donors (Lipinski definition) is 1. The highest BCUT2D eigenvalue weighted by Gasteiger charge is 1.82. The smallest absolute Gasteiger partial charge is 0.0104 e. The zero-order valence-corrected chi connectivity index (χ0v) is 9.17. The van der Waals surface area contributed by atoms with Gasteiger partial charge in [0.15, 0.2) is 0 Å². The topological polar surface area (TPSA) is 26.0 Å². The quantitative estimate of drug-likeness (QED) is 0.765. The Morgan fingerprint density at radius 1 is 1.07 bits per heavy atom. The van der Waals surface area contributed by atoms with Gasteiger partial charge in [-0.3, -0.25) is 0 Å². The molecule has 0 radical (unpaired) electrons. The van der Waals surface area contributed by atoms with E-state index >= 15 is 0 Å². The summed E-state index contributed by atoms with van der Waals surface area (Å²) in [6, 6.07) is 10.3. The Morgan fingerprint density at radius 2 is 1.57 bits per heavy atom. The Morgan fingerprint density at radius 3 is 1.93 bits per heavy atom. The van der Waals surface area contributed by atoms with Crippen LogP contribution in [-0.2, 0) is 6.42 Å². The standard InChI is InChI=1S/C9H10.C3H7N.ClH/c1-2-6-9-7-4-3-5-8-9;1-2-3-4;/h2-5,7-8H,1,6H2;2H,1,3-4H2;1H. The van der Waals surface area contributed by atoms with Crippen LogP contribution in [0.1, 0.15) is 5.56 Å². The third-order valence-corrected chi connectivity index (χ3v) is 1.39. The maximum Gasteiger partial charge on any atom is 0.0104 e. The molecule has 2 N–H and O–H groups in total. The van der Waals surface area contributed by atoms with Gasteiger partial charge in [-0.2, -0.15) is 0 Å². The maximum atomic E-state index is 4.91. The Labute approximate surface area is 92.7 Å². The summed E-state index contributed by atoms with van der Waals surface area (Å²) >= 11 is 0. The van der Waals surface area contributed by atoms with Crippen molar-refractivity contribution < 1.29 is 0 Å². The largest absolute Gasteiger partial charge is 0.327 e. The highest BCUT2D eigenvalue weighted by Crippen LogP contribution is 1.98. The van der Waals surface area contributed by atoms with Crippen LogP contribution in [0.3, 0.4) is 0 Å². The van der Waals surface area contributed by atoms with Crippen LogP contribution in [0, 0.1) is 0 Å². The average Bonchev–Trinajstić information content (AvgIpc) is 2.20. The molecule has 0 aromatic heterocycles. The van der Waals surface area contributed by atoms with Gasteiger partial charge in [0, 0.05) is 6.54 Å². The molecule has 14 heavy (non-hydrogen) atoms. The summed E-state index contributed by atoms with van der Waals surface area (Å²) in [6.07, 6.45) is 4.54. The molecule has 1 nitrogen and oxygen atoms in total. The average molecular weight is 212 g/mol. The molecule has 0 fully saturated rings. The van der Waals surface area contributed by atoms with Gasteiger partial charge in [0.2, 0.25) is 0 Å². The summed E-state index contributed by atoms with van der Waals surface area (Å²) in [5, 5.41) is 0. The van der Waals surface area contributed by atoms with E-state index in [2.05, 4.69) is 25.3 Å². The van der Waals surface area contributed by atoms with Crippen molar-refractivity contribution in [2.45, 2.75) is 6.42 Å². The minimum Gasteiger partial charge on any atom is -0.327 e. The van der Waals surface area contributed by atoms with Crippen molar-refractivity contribution in [3.63, 3.8) is 0 Å². The Hall–Kier alpha value is -1.05. The molecular formula is C12H18ClN. The van der Waals surface area contributed by atoms with Gasteiger partial charge in [0.1, 0.15) is 0 Å². The molecule has 0 atom stereocenters. The molecule has 0 spiro atoms. The van der Waals surface area contributed by atoms with Crippen molar-refractivity contribution in [1.82, 2.24) is 0 Å². The van der Waals surface area contributed by atoms with Gasteiger partial charge >= 0.3 is 0 Å².